The Kier molecular flexibility index (Phi) is 5.86. The van der Waals surface area contributed by atoms with Crippen molar-refractivity contribution >= 4 is 28.8 Å². The Morgan fingerprint density at radius 3 is 2.60 bits per heavy atom. The van der Waals surface area contributed by atoms with Crippen LogP contribution in [0, 0.1) is 19.7 Å². The lowest BCUT2D eigenvalue weighted by atomic mass is 10.1. The number of benzene rings is 3. The van der Waals surface area contributed by atoms with E-state index in [-0.39, 0.29) is 17.5 Å². The highest BCUT2D eigenvalue weighted by molar-refractivity contribution is 7.99. The number of para-hydroxylation sites is 2. The SMILES string of the molecule is Cc1cccc(OC(=O)CSc2nc3ccccc3n2Cc2ccc(F)cc2)c1C. The summed E-state index contributed by atoms with van der Waals surface area (Å²) in [5, 5.41) is 0.721. The lowest BCUT2D eigenvalue weighted by Crippen LogP contribution is -2.12. The molecule has 0 saturated carbocycles. The second kappa shape index (κ2) is 8.71. The number of halogens is 1. The predicted molar refractivity (Wildman–Crippen MR) is 118 cm³/mol. The largest absolute Gasteiger partial charge is 0.426 e. The first kappa shape index (κ1) is 20.2. The number of nitrogens with zero attached hydrogens (tertiary/aromatic N) is 2. The van der Waals surface area contributed by atoms with Crippen LogP contribution in [-0.4, -0.2) is 21.3 Å². The van der Waals surface area contributed by atoms with Crippen LogP contribution in [-0.2, 0) is 11.3 Å². The third-order valence-corrected chi connectivity index (χ3v) is 5.92. The summed E-state index contributed by atoms with van der Waals surface area (Å²) < 4.78 is 20.9. The van der Waals surface area contributed by atoms with Gasteiger partial charge in [-0.05, 0) is 60.9 Å². The molecule has 3 aromatic carbocycles. The van der Waals surface area contributed by atoms with Gasteiger partial charge in [0.2, 0.25) is 0 Å². The van der Waals surface area contributed by atoms with Gasteiger partial charge in [0.1, 0.15) is 11.6 Å². The fourth-order valence-corrected chi connectivity index (χ4v) is 3.99. The van der Waals surface area contributed by atoms with Gasteiger partial charge in [0.15, 0.2) is 5.16 Å². The number of ether oxygens (including phenoxy) is 1. The molecule has 0 unspecified atom stereocenters. The number of fused-ring (bicyclic) bond motifs is 1. The third-order valence-electron chi connectivity index (χ3n) is 4.97. The molecule has 0 amide bonds. The summed E-state index contributed by atoms with van der Waals surface area (Å²) in [6.45, 7) is 4.46. The maximum absolute atomic E-state index is 13.3. The number of thioether (sulfide) groups is 1. The van der Waals surface area contributed by atoms with Crippen LogP contribution in [0.25, 0.3) is 11.0 Å². The van der Waals surface area contributed by atoms with Gasteiger partial charge in [-0.1, -0.05) is 48.2 Å². The Hall–Kier alpha value is -3.12. The summed E-state index contributed by atoms with van der Waals surface area (Å²) in [7, 11) is 0. The van der Waals surface area contributed by atoms with Gasteiger partial charge in [-0.15, -0.1) is 0 Å². The molecule has 0 fully saturated rings. The van der Waals surface area contributed by atoms with Crippen LogP contribution in [0.2, 0.25) is 0 Å². The highest BCUT2D eigenvalue weighted by atomic mass is 32.2. The van der Waals surface area contributed by atoms with E-state index in [1.165, 1.54) is 23.9 Å². The molecule has 1 aromatic heterocycles. The highest BCUT2D eigenvalue weighted by Crippen LogP contribution is 2.26. The second-order valence-corrected chi connectivity index (χ2v) is 8.00. The van der Waals surface area contributed by atoms with Gasteiger partial charge in [-0.3, -0.25) is 4.79 Å². The van der Waals surface area contributed by atoms with Crippen molar-refractivity contribution in [2.24, 2.45) is 0 Å². The standard InChI is InChI=1S/C24H21FN2O2S/c1-16-6-5-9-22(17(16)2)29-23(28)15-30-24-26-20-7-3-4-8-21(20)27(24)14-18-10-12-19(25)13-11-18/h3-13H,14-15H2,1-2H3. The molecule has 4 nitrogen and oxygen atoms in total. The van der Waals surface area contributed by atoms with Crippen LogP contribution >= 0.6 is 11.8 Å². The molecule has 4 rings (SSSR count). The molecule has 0 bridgehead atoms. The van der Waals surface area contributed by atoms with Crippen LogP contribution in [0.3, 0.4) is 0 Å². The van der Waals surface area contributed by atoms with Crippen molar-refractivity contribution in [3.8, 4) is 5.75 Å². The first-order valence-corrected chi connectivity index (χ1v) is 10.6. The number of esters is 1. The maximum atomic E-state index is 13.3. The fourth-order valence-electron chi connectivity index (χ4n) is 3.20. The highest BCUT2D eigenvalue weighted by Gasteiger charge is 2.15. The number of rotatable bonds is 6. The zero-order chi connectivity index (χ0) is 21.1. The van der Waals surface area contributed by atoms with Gasteiger partial charge in [-0.25, -0.2) is 9.37 Å². The summed E-state index contributed by atoms with van der Waals surface area (Å²) in [5.41, 5.74) is 4.81. The van der Waals surface area contributed by atoms with E-state index in [4.69, 9.17) is 4.74 Å². The number of hydrogen-bond acceptors (Lipinski definition) is 4. The van der Waals surface area contributed by atoms with Gasteiger partial charge in [0.25, 0.3) is 0 Å². The maximum Gasteiger partial charge on any atom is 0.321 e. The zero-order valence-corrected chi connectivity index (χ0v) is 17.6. The summed E-state index contributed by atoms with van der Waals surface area (Å²) in [4.78, 5) is 17.1. The first-order valence-electron chi connectivity index (χ1n) is 9.60. The monoisotopic (exact) mass is 420 g/mol. The average molecular weight is 421 g/mol. The molecular weight excluding hydrogens is 399 g/mol. The van der Waals surface area contributed by atoms with Crippen LogP contribution < -0.4 is 4.74 Å². The summed E-state index contributed by atoms with van der Waals surface area (Å²) in [6, 6.07) is 19.9. The lowest BCUT2D eigenvalue weighted by Gasteiger charge is -2.10. The molecule has 30 heavy (non-hydrogen) atoms. The zero-order valence-electron chi connectivity index (χ0n) is 16.8. The number of carbonyl (C=O) groups is 1. The Morgan fingerprint density at radius 2 is 1.80 bits per heavy atom. The van der Waals surface area contributed by atoms with Gasteiger partial charge < -0.3 is 9.30 Å². The molecule has 4 aromatic rings. The van der Waals surface area contributed by atoms with E-state index in [0.717, 1.165) is 32.9 Å². The molecule has 1 heterocycles. The Labute approximate surface area is 178 Å². The van der Waals surface area contributed by atoms with E-state index in [1.807, 2.05) is 54.8 Å². The van der Waals surface area contributed by atoms with Gasteiger partial charge >= 0.3 is 5.97 Å². The van der Waals surface area contributed by atoms with Crippen molar-refractivity contribution < 1.29 is 13.9 Å². The molecular formula is C24H21FN2O2S. The summed E-state index contributed by atoms with van der Waals surface area (Å²) in [6.07, 6.45) is 0. The Balaban J connectivity index is 1.54. The van der Waals surface area contributed by atoms with E-state index in [2.05, 4.69) is 4.98 Å². The minimum Gasteiger partial charge on any atom is -0.426 e. The van der Waals surface area contributed by atoms with E-state index in [9.17, 15) is 9.18 Å². The van der Waals surface area contributed by atoms with Crippen molar-refractivity contribution in [1.82, 2.24) is 9.55 Å². The van der Waals surface area contributed by atoms with Crippen LogP contribution in [0.15, 0.2) is 71.9 Å². The number of aromatic nitrogens is 2. The van der Waals surface area contributed by atoms with E-state index in [0.29, 0.717) is 12.3 Å². The van der Waals surface area contributed by atoms with E-state index in [1.54, 1.807) is 18.2 Å². The molecule has 0 saturated heterocycles. The van der Waals surface area contributed by atoms with Gasteiger partial charge in [0, 0.05) is 0 Å². The van der Waals surface area contributed by atoms with Crippen molar-refractivity contribution in [3.05, 3.63) is 89.2 Å². The molecule has 0 radical (unpaired) electrons. The van der Waals surface area contributed by atoms with Gasteiger partial charge in [-0.2, -0.15) is 0 Å². The Bertz CT molecular complexity index is 1200. The molecule has 152 valence electrons. The first-order chi connectivity index (χ1) is 14.5. The van der Waals surface area contributed by atoms with E-state index < -0.39 is 0 Å². The molecule has 0 atom stereocenters. The normalized spacial score (nSPS) is 11.0. The van der Waals surface area contributed by atoms with Crippen molar-refractivity contribution in [1.29, 1.82) is 0 Å². The minimum atomic E-state index is -0.325. The smallest absolute Gasteiger partial charge is 0.321 e. The van der Waals surface area contributed by atoms with Crippen LogP contribution in [0.1, 0.15) is 16.7 Å². The predicted octanol–water partition coefficient (Wildman–Crippen LogP) is 5.54. The molecule has 0 aliphatic carbocycles. The molecule has 0 N–H and O–H groups in total. The second-order valence-electron chi connectivity index (χ2n) is 7.06. The molecule has 0 aliphatic heterocycles. The van der Waals surface area contributed by atoms with E-state index >= 15 is 0 Å². The quantitative estimate of drug-likeness (QED) is 0.233. The van der Waals surface area contributed by atoms with Crippen molar-refractivity contribution in [2.75, 3.05) is 5.75 Å². The number of carbonyl (C=O) groups excluding carboxylic acids is 1. The Morgan fingerprint density at radius 1 is 1.03 bits per heavy atom. The average Bonchev–Trinajstić information content (AvgIpc) is 3.09. The lowest BCUT2D eigenvalue weighted by molar-refractivity contribution is -0.131. The third kappa shape index (κ3) is 4.39. The number of aryl methyl sites for hydroxylation is 1. The van der Waals surface area contributed by atoms with Gasteiger partial charge in [0.05, 0.1) is 23.3 Å². The molecule has 6 heteroatoms. The summed E-state index contributed by atoms with van der Waals surface area (Å²) in [5.74, 6) is 0.132. The molecule has 0 spiro atoms. The molecule has 0 aliphatic rings. The van der Waals surface area contributed by atoms with Crippen LogP contribution in [0.5, 0.6) is 5.75 Å². The number of hydrogen-bond donors (Lipinski definition) is 0. The minimum absolute atomic E-state index is 0.139. The number of imidazole rings is 1. The van der Waals surface area contributed by atoms with Crippen molar-refractivity contribution in [2.45, 2.75) is 25.5 Å². The summed E-state index contributed by atoms with van der Waals surface area (Å²) >= 11 is 1.34. The fraction of sp³-hybridized carbons (Fsp3) is 0.167. The van der Waals surface area contributed by atoms with Crippen LogP contribution in [0.4, 0.5) is 4.39 Å². The van der Waals surface area contributed by atoms with Crippen molar-refractivity contribution in [3.63, 3.8) is 0 Å². The topological polar surface area (TPSA) is 44.1 Å².